The fourth-order valence-electron chi connectivity index (χ4n) is 5.42. The maximum absolute atomic E-state index is 14.4. The van der Waals surface area contributed by atoms with Crippen LogP contribution in [0.2, 0.25) is 0 Å². The van der Waals surface area contributed by atoms with E-state index in [1.54, 1.807) is 41.3 Å². The van der Waals surface area contributed by atoms with Gasteiger partial charge in [0.2, 0.25) is 5.43 Å². The molecule has 0 radical (unpaired) electrons. The number of pyridine rings is 1. The summed E-state index contributed by atoms with van der Waals surface area (Å²) in [6.07, 6.45) is 1.65. The summed E-state index contributed by atoms with van der Waals surface area (Å²) < 4.78 is 63.5. The number of fused-ring (bicyclic) bond motifs is 6. The van der Waals surface area contributed by atoms with Gasteiger partial charge in [-0.05, 0) is 35.2 Å². The van der Waals surface area contributed by atoms with Crippen molar-refractivity contribution in [1.82, 2.24) is 14.8 Å². The number of rotatable bonds is 6. The van der Waals surface area contributed by atoms with Crippen LogP contribution < -0.4 is 15.5 Å². The number of carbonyl (C=O) groups excluding carboxylic acids is 2. The third kappa shape index (κ3) is 4.91. The molecule has 7 nitrogen and oxygen atoms in total. The second-order valence-electron chi connectivity index (χ2n) is 10.1. The van der Waals surface area contributed by atoms with E-state index >= 15 is 0 Å². The number of hydrogen-bond donors (Lipinski definition) is 1. The second-order valence-corrected chi connectivity index (χ2v) is 10.1. The second kappa shape index (κ2) is 10.8. The minimum Gasteiger partial charge on any atom is -0.483 e. The van der Waals surface area contributed by atoms with Gasteiger partial charge in [0.05, 0.1) is 6.04 Å². The van der Waals surface area contributed by atoms with Gasteiger partial charge >= 0.3 is 0 Å². The Kier molecular flexibility index (Phi) is 7.01. The number of amides is 2. The molecule has 6 rings (SSSR count). The van der Waals surface area contributed by atoms with E-state index in [9.17, 15) is 31.9 Å². The summed E-state index contributed by atoms with van der Waals surface area (Å²) in [6, 6.07) is 13.5. The van der Waals surface area contributed by atoms with Crippen molar-refractivity contribution in [1.29, 1.82) is 0 Å². The average Bonchev–Trinajstić information content (AvgIpc) is 3.13. The highest BCUT2D eigenvalue weighted by molar-refractivity contribution is 5.99. The molecular weight excluding hydrogens is 554 g/mol. The summed E-state index contributed by atoms with van der Waals surface area (Å²) in [5.41, 5.74) is 0.0598. The molecule has 1 atom stereocenters. The molecule has 2 aliphatic heterocycles. The monoisotopic (exact) mass is 577 g/mol. The highest BCUT2D eigenvalue weighted by Crippen LogP contribution is 2.36. The minimum absolute atomic E-state index is 0.0866. The van der Waals surface area contributed by atoms with Crippen LogP contribution in [-0.2, 0) is 19.6 Å². The number of benzene rings is 3. The van der Waals surface area contributed by atoms with E-state index in [-0.39, 0.29) is 24.6 Å². The van der Waals surface area contributed by atoms with Crippen LogP contribution in [-0.4, -0.2) is 34.4 Å². The van der Waals surface area contributed by atoms with Crippen molar-refractivity contribution in [3.05, 3.63) is 134 Å². The van der Waals surface area contributed by atoms with E-state index in [0.717, 1.165) is 5.56 Å². The first kappa shape index (κ1) is 27.3. The van der Waals surface area contributed by atoms with E-state index in [0.29, 0.717) is 36.2 Å². The first-order chi connectivity index (χ1) is 20.2. The number of carbonyl (C=O) groups is 2. The quantitative estimate of drug-likeness (QED) is 0.342. The van der Waals surface area contributed by atoms with Crippen LogP contribution in [0.3, 0.4) is 0 Å². The fourth-order valence-corrected chi connectivity index (χ4v) is 5.42. The molecule has 2 amide bonds. The third-order valence-electron chi connectivity index (χ3n) is 7.53. The number of nitrogens with one attached hydrogen (secondary N) is 1. The summed E-state index contributed by atoms with van der Waals surface area (Å²) in [7, 11) is 0. The Balaban J connectivity index is 1.46. The minimum atomic E-state index is -1.20. The van der Waals surface area contributed by atoms with Crippen molar-refractivity contribution >= 4 is 11.8 Å². The van der Waals surface area contributed by atoms with Crippen molar-refractivity contribution in [2.45, 2.75) is 25.6 Å². The van der Waals surface area contributed by atoms with Gasteiger partial charge in [0.25, 0.3) is 11.8 Å². The first-order valence-electron chi connectivity index (χ1n) is 13.2. The number of halogens is 4. The number of ether oxygens (including phenoxy) is 1. The third-order valence-corrected chi connectivity index (χ3v) is 7.53. The van der Waals surface area contributed by atoms with Crippen LogP contribution in [0.4, 0.5) is 17.6 Å². The Morgan fingerprint density at radius 2 is 1.69 bits per heavy atom. The van der Waals surface area contributed by atoms with E-state index in [1.165, 1.54) is 22.9 Å². The van der Waals surface area contributed by atoms with Crippen molar-refractivity contribution < 1.29 is 31.9 Å². The smallest absolute Gasteiger partial charge is 0.274 e. The van der Waals surface area contributed by atoms with Gasteiger partial charge in [-0.2, -0.15) is 0 Å². The predicted molar refractivity (Wildman–Crippen MR) is 143 cm³/mol. The Bertz CT molecular complexity index is 1770. The van der Waals surface area contributed by atoms with Crippen LogP contribution in [0.1, 0.15) is 49.1 Å². The molecule has 1 N–H and O–H groups in total. The number of hydrogen-bond acceptors (Lipinski definition) is 4. The molecule has 0 spiro atoms. The molecule has 3 heterocycles. The molecule has 2 bridgehead atoms. The molecule has 1 aromatic heterocycles. The lowest BCUT2D eigenvalue weighted by Crippen LogP contribution is -2.45. The van der Waals surface area contributed by atoms with Crippen molar-refractivity contribution in [3.8, 4) is 5.75 Å². The van der Waals surface area contributed by atoms with E-state index in [1.807, 2.05) is 0 Å². The molecule has 214 valence electrons. The largest absolute Gasteiger partial charge is 0.483 e. The van der Waals surface area contributed by atoms with Crippen molar-refractivity contribution in [2.75, 3.05) is 13.1 Å². The summed E-state index contributed by atoms with van der Waals surface area (Å²) in [4.78, 5) is 42.3. The lowest BCUT2D eigenvalue weighted by atomic mass is 9.97. The maximum atomic E-state index is 14.4. The Hall–Kier alpha value is -4.93. The van der Waals surface area contributed by atoms with Crippen molar-refractivity contribution in [3.63, 3.8) is 0 Å². The Morgan fingerprint density at radius 3 is 2.43 bits per heavy atom. The lowest BCUT2D eigenvalue weighted by Gasteiger charge is -2.35. The molecule has 0 aliphatic carbocycles. The van der Waals surface area contributed by atoms with E-state index in [2.05, 4.69) is 5.32 Å². The van der Waals surface area contributed by atoms with Gasteiger partial charge in [-0.1, -0.05) is 36.4 Å². The van der Waals surface area contributed by atoms with Crippen LogP contribution >= 0.6 is 0 Å². The average molecular weight is 578 g/mol. The lowest BCUT2D eigenvalue weighted by molar-refractivity contribution is 0.0682. The molecule has 0 saturated heterocycles. The standard InChI is InChI=1S/C31H23F4N3O4/c32-19-7-6-18-8-9-37-15-26(21(18)10-19)38-14-23(30(40)36-13-22-24(34)11-20(33)12-25(22)35)28(39)29(27(38)31(37)41)42-16-17-4-2-1-3-5-17/h1-7,10-12,14,26H,8-9,13,15-16H2,(H,36,40)/t26-/m1/s1. The fraction of sp³-hybridized carbons (Fsp3) is 0.194. The highest BCUT2D eigenvalue weighted by Gasteiger charge is 2.39. The summed E-state index contributed by atoms with van der Waals surface area (Å²) in [5, 5.41) is 2.31. The van der Waals surface area contributed by atoms with Crippen LogP contribution in [0.25, 0.3) is 0 Å². The molecule has 11 heteroatoms. The zero-order valence-corrected chi connectivity index (χ0v) is 22.0. The van der Waals surface area contributed by atoms with Gasteiger partial charge in [0.1, 0.15) is 35.4 Å². The highest BCUT2D eigenvalue weighted by atomic mass is 19.1. The maximum Gasteiger partial charge on any atom is 0.274 e. The van der Waals surface area contributed by atoms with Gasteiger partial charge in [0.15, 0.2) is 11.4 Å². The summed E-state index contributed by atoms with van der Waals surface area (Å²) >= 11 is 0. The van der Waals surface area contributed by atoms with E-state index in [4.69, 9.17) is 4.74 Å². The van der Waals surface area contributed by atoms with Crippen molar-refractivity contribution in [2.24, 2.45) is 0 Å². The zero-order valence-electron chi connectivity index (χ0n) is 22.0. The Labute approximate surface area is 237 Å². The number of nitrogens with zero attached hydrogens (tertiary/aromatic N) is 2. The van der Waals surface area contributed by atoms with Gasteiger partial charge in [0, 0.05) is 43.5 Å². The van der Waals surface area contributed by atoms with Gasteiger partial charge in [-0.3, -0.25) is 14.4 Å². The Morgan fingerprint density at radius 1 is 0.952 bits per heavy atom. The normalized spacial score (nSPS) is 15.5. The number of aromatic nitrogens is 1. The van der Waals surface area contributed by atoms with Crippen LogP contribution in [0.15, 0.2) is 71.7 Å². The van der Waals surface area contributed by atoms with Gasteiger partial charge < -0.3 is 19.5 Å². The van der Waals surface area contributed by atoms with Gasteiger partial charge in [-0.15, -0.1) is 0 Å². The van der Waals surface area contributed by atoms with Crippen LogP contribution in [0, 0.1) is 23.3 Å². The van der Waals surface area contributed by atoms with E-state index < -0.39 is 64.2 Å². The summed E-state index contributed by atoms with van der Waals surface area (Å²) in [6.45, 7) is -0.278. The molecule has 4 aromatic rings. The van der Waals surface area contributed by atoms with Crippen LogP contribution in [0.5, 0.6) is 5.75 Å². The zero-order chi connectivity index (χ0) is 29.5. The summed E-state index contributed by atoms with van der Waals surface area (Å²) in [5.74, 6) is -5.86. The molecular formula is C31H23F4N3O4. The molecule has 0 fully saturated rings. The SMILES string of the molecule is O=C(NCc1c(F)cc(F)cc1F)c1cn2c(c(OCc3ccccc3)c1=O)C(=O)N1CCc3ccc(F)cc3[C@H]2C1. The molecule has 3 aromatic carbocycles. The predicted octanol–water partition coefficient (Wildman–Crippen LogP) is 4.52. The molecule has 42 heavy (non-hydrogen) atoms. The topological polar surface area (TPSA) is 80.6 Å². The first-order valence-corrected chi connectivity index (χ1v) is 13.2. The molecule has 0 unspecified atom stereocenters. The molecule has 2 aliphatic rings. The van der Waals surface area contributed by atoms with Gasteiger partial charge in [-0.25, -0.2) is 17.6 Å². The molecule has 0 saturated carbocycles.